The highest BCUT2D eigenvalue weighted by Crippen LogP contribution is 2.26. The molecule has 1 heterocycles. The average Bonchev–Trinajstić information content (AvgIpc) is 3.01. The van der Waals surface area contributed by atoms with Crippen LogP contribution in [0.15, 0.2) is 48.5 Å². The van der Waals surface area contributed by atoms with Crippen LogP contribution in [-0.4, -0.2) is 43.8 Å². The standard InChI is InChI=1S/C20H23ClN2O3/c1-14(22(2)3)19-12-23(20(24)26-19)17-7-9-18(10-8-17)25-13-15-5-4-6-16(21)11-15/h4-11,14,19H,12-13H2,1-3H3. The molecule has 1 aliphatic rings. The number of halogens is 1. The number of nitrogens with zero attached hydrogens (tertiary/aromatic N) is 2. The lowest BCUT2D eigenvalue weighted by Crippen LogP contribution is -2.39. The zero-order valence-electron chi connectivity index (χ0n) is 15.2. The van der Waals surface area contributed by atoms with Gasteiger partial charge >= 0.3 is 6.09 Å². The first-order valence-electron chi connectivity index (χ1n) is 8.56. The molecule has 5 nitrogen and oxygen atoms in total. The molecule has 0 radical (unpaired) electrons. The molecular formula is C20H23ClN2O3. The van der Waals surface area contributed by atoms with Gasteiger partial charge in [-0.3, -0.25) is 4.90 Å². The highest BCUT2D eigenvalue weighted by molar-refractivity contribution is 6.30. The van der Waals surface area contributed by atoms with E-state index in [1.54, 1.807) is 4.90 Å². The highest BCUT2D eigenvalue weighted by Gasteiger charge is 2.36. The zero-order valence-corrected chi connectivity index (χ0v) is 15.9. The molecule has 0 aliphatic carbocycles. The van der Waals surface area contributed by atoms with Gasteiger partial charge < -0.3 is 14.4 Å². The predicted molar refractivity (Wildman–Crippen MR) is 103 cm³/mol. The summed E-state index contributed by atoms with van der Waals surface area (Å²) in [7, 11) is 3.96. The van der Waals surface area contributed by atoms with Crippen molar-refractivity contribution in [2.75, 3.05) is 25.5 Å². The Morgan fingerprint density at radius 1 is 1.27 bits per heavy atom. The normalized spacial score (nSPS) is 18.1. The summed E-state index contributed by atoms with van der Waals surface area (Å²) >= 11 is 5.98. The molecule has 1 saturated heterocycles. The Morgan fingerprint density at radius 2 is 2.00 bits per heavy atom. The van der Waals surface area contributed by atoms with E-state index in [4.69, 9.17) is 21.1 Å². The Hall–Kier alpha value is -2.24. The predicted octanol–water partition coefficient (Wildman–Crippen LogP) is 4.19. The summed E-state index contributed by atoms with van der Waals surface area (Å²) in [6.45, 7) is 3.03. The number of amides is 1. The largest absolute Gasteiger partial charge is 0.489 e. The lowest BCUT2D eigenvalue weighted by Gasteiger charge is -2.24. The first-order valence-corrected chi connectivity index (χ1v) is 8.93. The molecule has 2 unspecified atom stereocenters. The number of likely N-dealkylation sites (N-methyl/N-ethyl adjacent to an activating group) is 1. The minimum Gasteiger partial charge on any atom is -0.489 e. The number of anilines is 1. The van der Waals surface area contributed by atoms with Gasteiger partial charge in [0.2, 0.25) is 0 Å². The topological polar surface area (TPSA) is 42.0 Å². The van der Waals surface area contributed by atoms with Crippen molar-refractivity contribution in [1.29, 1.82) is 0 Å². The van der Waals surface area contributed by atoms with Crippen LogP contribution >= 0.6 is 11.6 Å². The van der Waals surface area contributed by atoms with Crippen molar-refractivity contribution in [3.63, 3.8) is 0 Å². The Kier molecular flexibility index (Phi) is 5.69. The number of ether oxygens (including phenoxy) is 2. The van der Waals surface area contributed by atoms with Crippen LogP contribution in [0.4, 0.5) is 10.5 Å². The molecule has 0 bridgehead atoms. The van der Waals surface area contributed by atoms with Gasteiger partial charge in [-0.25, -0.2) is 4.79 Å². The molecule has 1 amide bonds. The molecule has 2 atom stereocenters. The molecule has 0 saturated carbocycles. The summed E-state index contributed by atoms with van der Waals surface area (Å²) in [5.74, 6) is 0.736. The third kappa shape index (κ3) is 4.29. The van der Waals surface area contributed by atoms with Crippen molar-refractivity contribution >= 4 is 23.4 Å². The lowest BCUT2D eigenvalue weighted by atomic mass is 10.1. The van der Waals surface area contributed by atoms with E-state index < -0.39 is 0 Å². The molecule has 6 heteroatoms. The fraction of sp³-hybridized carbons (Fsp3) is 0.350. The molecular weight excluding hydrogens is 352 g/mol. The first kappa shape index (κ1) is 18.5. The van der Waals surface area contributed by atoms with Crippen LogP contribution in [0.2, 0.25) is 5.02 Å². The van der Waals surface area contributed by atoms with Crippen molar-refractivity contribution in [3.05, 3.63) is 59.1 Å². The van der Waals surface area contributed by atoms with Crippen LogP contribution < -0.4 is 9.64 Å². The molecule has 3 rings (SSSR count). The van der Waals surface area contributed by atoms with Gasteiger partial charge in [0.05, 0.1) is 6.54 Å². The van der Waals surface area contributed by atoms with Crippen LogP contribution in [-0.2, 0) is 11.3 Å². The van der Waals surface area contributed by atoms with Crippen LogP contribution in [0.1, 0.15) is 12.5 Å². The van der Waals surface area contributed by atoms with E-state index >= 15 is 0 Å². The quantitative estimate of drug-likeness (QED) is 0.760. The van der Waals surface area contributed by atoms with Gasteiger partial charge in [0.1, 0.15) is 18.5 Å². The van der Waals surface area contributed by atoms with E-state index in [0.29, 0.717) is 18.2 Å². The van der Waals surface area contributed by atoms with Gasteiger partial charge in [-0.05, 0) is 63.0 Å². The van der Waals surface area contributed by atoms with Gasteiger partial charge in [0, 0.05) is 16.8 Å². The summed E-state index contributed by atoms with van der Waals surface area (Å²) in [4.78, 5) is 15.9. The maximum atomic E-state index is 12.2. The fourth-order valence-corrected chi connectivity index (χ4v) is 3.01. The van der Waals surface area contributed by atoms with E-state index in [1.165, 1.54) is 0 Å². The van der Waals surface area contributed by atoms with Gasteiger partial charge in [-0.2, -0.15) is 0 Å². The smallest absolute Gasteiger partial charge is 0.414 e. The van der Waals surface area contributed by atoms with Gasteiger partial charge in [-0.1, -0.05) is 23.7 Å². The molecule has 138 valence electrons. The molecule has 0 N–H and O–H groups in total. The molecule has 0 aromatic heterocycles. The first-order chi connectivity index (χ1) is 12.4. The number of carbonyl (C=O) groups is 1. The summed E-state index contributed by atoms with van der Waals surface area (Å²) in [6.07, 6.45) is -0.451. The van der Waals surface area contributed by atoms with Crippen LogP contribution in [0.3, 0.4) is 0 Å². The number of benzene rings is 2. The van der Waals surface area contributed by atoms with Crippen molar-refractivity contribution in [1.82, 2.24) is 4.90 Å². The summed E-state index contributed by atoms with van der Waals surface area (Å²) in [6, 6.07) is 15.2. The minimum atomic E-state index is -0.309. The maximum absolute atomic E-state index is 12.2. The van der Waals surface area contributed by atoms with Gasteiger partial charge in [-0.15, -0.1) is 0 Å². The highest BCUT2D eigenvalue weighted by atomic mass is 35.5. The molecule has 1 fully saturated rings. The van der Waals surface area contributed by atoms with Crippen LogP contribution in [0.25, 0.3) is 0 Å². The third-order valence-corrected chi connectivity index (χ3v) is 4.87. The fourth-order valence-electron chi connectivity index (χ4n) is 2.79. The second-order valence-electron chi connectivity index (χ2n) is 6.65. The third-order valence-electron chi connectivity index (χ3n) is 4.63. The number of rotatable bonds is 6. The summed E-state index contributed by atoms with van der Waals surface area (Å²) in [5.41, 5.74) is 1.81. The van der Waals surface area contributed by atoms with E-state index in [0.717, 1.165) is 17.0 Å². The van der Waals surface area contributed by atoms with E-state index in [-0.39, 0.29) is 18.2 Å². The Balaban J connectivity index is 1.61. The minimum absolute atomic E-state index is 0.142. The molecule has 0 spiro atoms. The molecule has 1 aliphatic heterocycles. The van der Waals surface area contributed by atoms with E-state index in [9.17, 15) is 4.79 Å². The van der Waals surface area contributed by atoms with Crippen molar-refractivity contribution in [2.45, 2.75) is 25.7 Å². The summed E-state index contributed by atoms with van der Waals surface area (Å²) in [5, 5.41) is 0.690. The van der Waals surface area contributed by atoms with Crippen molar-refractivity contribution in [2.24, 2.45) is 0 Å². The number of hydrogen-bond donors (Lipinski definition) is 0. The number of carbonyl (C=O) groups excluding carboxylic acids is 1. The maximum Gasteiger partial charge on any atom is 0.414 e. The molecule has 2 aromatic rings. The second kappa shape index (κ2) is 7.98. The second-order valence-corrected chi connectivity index (χ2v) is 7.09. The van der Waals surface area contributed by atoms with Crippen LogP contribution in [0.5, 0.6) is 5.75 Å². The summed E-state index contributed by atoms with van der Waals surface area (Å²) < 4.78 is 11.3. The van der Waals surface area contributed by atoms with Crippen molar-refractivity contribution < 1.29 is 14.3 Å². The lowest BCUT2D eigenvalue weighted by molar-refractivity contribution is 0.0895. The molecule has 26 heavy (non-hydrogen) atoms. The average molecular weight is 375 g/mol. The van der Waals surface area contributed by atoms with Crippen LogP contribution in [0, 0.1) is 0 Å². The van der Waals surface area contributed by atoms with Gasteiger partial charge in [0.15, 0.2) is 0 Å². The van der Waals surface area contributed by atoms with E-state index in [1.807, 2.05) is 74.4 Å². The Labute approximate surface area is 159 Å². The van der Waals surface area contributed by atoms with Crippen molar-refractivity contribution in [3.8, 4) is 5.75 Å². The number of cyclic esters (lactones) is 1. The zero-order chi connectivity index (χ0) is 18.7. The number of hydrogen-bond acceptors (Lipinski definition) is 4. The Bertz CT molecular complexity index is 764. The Morgan fingerprint density at radius 3 is 2.65 bits per heavy atom. The molecule has 2 aromatic carbocycles. The van der Waals surface area contributed by atoms with E-state index in [2.05, 4.69) is 0 Å². The van der Waals surface area contributed by atoms with Gasteiger partial charge in [0.25, 0.3) is 0 Å². The SMILES string of the molecule is CC(C1CN(c2ccc(OCc3cccc(Cl)c3)cc2)C(=O)O1)N(C)C. The monoisotopic (exact) mass is 374 g/mol.